The molecule has 2 atom stereocenters. The molecule has 1 heterocycles. The van der Waals surface area contributed by atoms with Gasteiger partial charge in [-0.25, -0.2) is 4.79 Å². The van der Waals surface area contributed by atoms with E-state index in [-0.39, 0.29) is 18.5 Å². The van der Waals surface area contributed by atoms with Crippen molar-refractivity contribution in [3.8, 4) is 11.5 Å². The van der Waals surface area contributed by atoms with Crippen LogP contribution in [0.25, 0.3) is 0 Å². The van der Waals surface area contributed by atoms with Gasteiger partial charge in [0.2, 0.25) is 0 Å². The number of benzene rings is 1. The minimum Gasteiger partial charge on any atom is -0.493 e. The number of carbonyl (C=O) groups is 2. The maximum absolute atomic E-state index is 12.4. The van der Waals surface area contributed by atoms with Crippen LogP contribution in [0.15, 0.2) is 18.2 Å². The van der Waals surface area contributed by atoms with Crippen molar-refractivity contribution in [2.45, 2.75) is 33.2 Å². The van der Waals surface area contributed by atoms with Gasteiger partial charge in [-0.15, -0.1) is 0 Å². The van der Waals surface area contributed by atoms with Crippen molar-refractivity contribution in [2.24, 2.45) is 11.8 Å². The van der Waals surface area contributed by atoms with Crippen molar-refractivity contribution in [3.05, 3.63) is 23.8 Å². The van der Waals surface area contributed by atoms with Crippen LogP contribution in [0, 0.1) is 11.8 Å². The summed E-state index contributed by atoms with van der Waals surface area (Å²) in [5, 5.41) is 12.1. The zero-order valence-corrected chi connectivity index (χ0v) is 15.7. The van der Waals surface area contributed by atoms with E-state index >= 15 is 0 Å². The number of amides is 2. The molecule has 1 saturated heterocycles. The van der Waals surface area contributed by atoms with Crippen molar-refractivity contribution in [2.75, 3.05) is 26.8 Å². The quantitative estimate of drug-likeness (QED) is 0.777. The van der Waals surface area contributed by atoms with Gasteiger partial charge in [0, 0.05) is 19.6 Å². The van der Waals surface area contributed by atoms with Crippen molar-refractivity contribution >= 4 is 12.0 Å². The fourth-order valence-corrected chi connectivity index (χ4v) is 3.14. The molecular formula is C19H28N2O5. The number of hydrogen-bond donors (Lipinski definition) is 2. The van der Waals surface area contributed by atoms with Crippen molar-refractivity contribution in [3.63, 3.8) is 0 Å². The molecule has 1 aliphatic rings. The molecule has 1 aromatic carbocycles. The number of carbonyl (C=O) groups excluding carboxylic acids is 1. The molecule has 1 fully saturated rings. The molecule has 2 amide bonds. The number of methoxy groups -OCH3 is 1. The van der Waals surface area contributed by atoms with Gasteiger partial charge in [0.1, 0.15) is 0 Å². The summed E-state index contributed by atoms with van der Waals surface area (Å²) in [5.74, 6) is 0.133. The van der Waals surface area contributed by atoms with Gasteiger partial charge in [0.25, 0.3) is 0 Å². The second-order valence-electron chi connectivity index (χ2n) is 6.77. The van der Waals surface area contributed by atoms with Crippen molar-refractivity contribution < 1.29 is 24.2 Å². The van der Waals surface area contributed by atoms with Gasteiger partial charge in [-0.2, -0.15) is 0 Å². The van der Waals surface area contributed by atoms with E-state index in [2.05, 4.69) is 5.32 Å². The first kappa shape index (κ1) is 19.9. The van der Waals surface area contributed by atoms with Crippen LogP contribution >= 0.6 is 0 Å². The fraction of sp³-hybridized carbons (Fsp3) is 0.579. The Bertz CT molecular complexity index is 634. The highest BCUT2D eigenvalue weighted by molar-refractivity contribution is 5.76. The molecule has 1 aliphatic heterocycles. The van der Waals surface area contributed by atoms with Crippen LogP contribution < -0.4 is 14.8 Å². The Balaban J connectivity index is 1.95. The van der Waals surface area contributed by atoms with Crippen LogP contribution in [-0.4, -0.2) is 48.8 Å². The number of aliphatic carboxylic acids is 1. The van der Waals surface area contributed by atoms with Gasteiger partial charge < -0.3 is 24.8 Å². The lowest BCUT2D eigenvalue weighted by molar-refractivity contribution is -0.143. The summed E-state index contributed by atoms with van der Waals surface area (Å²) in [6.45, 7) is 5.78. The Kier molecular flexibility index (Phi) is 7.12. The summed E-state index contributed by atoms with van der Waals surface area (Å²) in [7, 11) is 1.58. The van der Waals surface area contributed by atoms with Crippen LogP contribution in [0.1, 0.15) is 32.3 Å². The third kappa shape index (κ3) is 5.28. The van der Waals surface area contributed by atoms with Crippen molar-refractivity contribution in [1.82, 2.24) is 10.2 Å². The molecule has 0 aliphatic carbocycles. The first-order chi connectivity index (χ1) is 12.4. The number of hydrogen-bond acceptors (Lipinski definition) is 4. The third-order valence-electron chi connectivity index (χ3n) is 4.43. The predicted molar refractivity (Wildman–Crippen MR) is 97.5 cm³/mol. The lowest BCUT2D eigenvalue weighted by Crippen LogP contribution is -2.49. The van der Waals surface area contributed by atoms with Gasteiger partial charge in [-0.3, -0.25) is 4.79 Å². The molecule has 2 rings (SSSR count). The number of carboxylic acid groups (broad SMARTS) is 1. The molecule has 144 valence electrons. The highest BCUT2D eigenvalue weighted by Crippen LogP contribution is 2.28. The van der Waals surface area contributed by atoms with Gasteiger partial charge in [-0.05, 0) is 36.5 Å². The number of urea groups is 1. The van der Waals surface area contributed by atoms with E-state index in [4.69, 9.17) is 9.47 Å². The van der Waals surface area contributed by atoms with Crippen LogP contribution in [-0.2, 0) is 11.3 Å². The van der Waals surface area contributed by atoms with E-state index in [1.54, 1.807) is 12.0 Å². The lowest BCUT2D eigenvalue weighted by atomic mass is 9.91. The summed E-state index contributed by atoms with van der Waals surface area (Å²) >= 11 is 0. The van der Waals surface area contributed by atoms with Gasteiger partial charge in [0.05, 0.1) is 19.6 Å². The molecule has 1 aromatic rings. The Morgan fingerprint density at radius 1 is 1.31 bits per heavy atom. The number of ether oxygens (including phenoxy) is 2. The lowest BCUT2D eigenvalue weighted by Gasteiger charge is -2.34. The highest BCUT2D eigenvalue weighted by atomic mass is 16.5. The molecule has 0 aromatic heterocycles. The van der Waals surface area contributed by atoms with Crippen LogP contribution in [0.3, 0.4) is 0 Å². The zero-order chi connectivity index (χ0) is 19.1. The second-order valence-corrected chi connectivity index (χ2v) is 6.77. The molecule has 0 bridgehead atoms. The molecule has 0 spiro atoms. The van der Waals surface area contributed by atoms with Crippen LogP contribution in [0.2, 0.25) is 0 Å². The van der Waals surface area contributed by atoms with Crippen molar-refractivity contribution in [1.29, 1.82) is 0 Å². The molecule has 2 unspecified atom stereocenters. The topological polar surface area (TPSA) is 88.1 Å². The average molecular weight is 364 g/mol. The Hall–Kier alpha value is -2.44. The summed E-state index contributed by atoms with van der Waals surface area (Å²) in [6, 6.07) is 5.31. The Morgan fingerprint density at radius 2 is 2.08 bits per heavy atom. The number of nitrogens with one attached hydrogen (secondary N) is 1. The van der Waals surface area contributed by atoms with E-state index in [9.17, 15) is 14.7 Å². The minimum atomic E-state index is -0.846. The van der Waals surface area contributed by atoms with Gasteiger partial charge in [-0.1, -0.05) is 19.9 Å². The smallest absolute Gasteiger partial charge is 0.317 e. The standard InChI is InChI=1S/C19H28N2O5/c1-4-7-26-16-6-5-14(9-17(16)25-3)10-20-19(24)21-11-13(2)8-15(12-21)18(22)23/h5-6,9,13,15H,4,7-8,10-12H2,1-3H3,(H,20,24)(H,22,23). The molecule has 7 heteroatoms. The number of nitrogens with zero attached hydrogens (tertiary/aromatic N) is 1. The molecular weight excluding hydrogens is 336 g/mol. The molecule has 0 radical (unpaired) electrons. The first-order valence-electron chi connectivity index (χ1n) is 8.99. The summed E-state index contributed by atoms with van der Waals surface area (Å²) in [4.78, 5) is 25.2. The van der Waals surface area contributed by atoms with E-state index in [1.807, 2.05) is 32.0 Å². The van der Waals surface area contributed by atoms with Gasteiger partial charge in [0.15, 0.2) is 11.5 Å². The number of rotatable bonds is 7. The van der Waals surface area contributed by atoms with E-state index < -0.39 is 11.9 Å². The molecule has 2 N–H and O–H groups in total. The summed E-state index contributed by atoms with van der Waals surface area (Å²) < 4.78 is 11.0. The largest absolute Gasteiger partial charge is 0.493 e. The number of carboxylic acids is 1. The van der Waals surface area contributed by atoms with E-state index in [1.165, 1.54) is 0 Å². The minimum absolute atomic E-state index is 0.172. The highest BCUT2D eigenvalue weighted by Gasteiger charge is 2.31. The molecule has 0 saturated carbocycles. The maximum atomic E-state index is 12.4. The predicted octanol–water partition coefficient (Wildman–Crippen LogP) is 2.74. The first-order valence-corrected chi connectivity index (χ1v) is 8.99. The Morgan fingerprint density at radius 3 is 2.73 bits per heavy atom. The average Bonchev–Trinajstić information content (AvgIpc) is 2.64. The fourth-order valence-electron chi connectivity index (χ4n) is 3.14. The van der Waals surface area contributed by atoms with E-state index in [0.29, 0.717) is 37.6 Å². The number of likely N-dealkylation sites (tertiary alicyclic amines) is 1. The normalized spacial score (nSPS) is 19.7. The monoisotopic (exact) mass is 364 g/mol. The maximum Gasteiger partial charge on any atom is 0.317 e. The van der Waals surface area contributed by atoms with Gasteiger partial charge >= 0.3 is 12.0 Å². The van der Waals surface area contributed by atoms with Crippen LogP contribution in [0.4, 0.5) is 4.79 Å². The summed E-state index contributed by atoms with van der Waals surface area (Å²) in [6.07, 6.45) is 1.52. The number of piperidine rings is 1. The summed E-state index contributed by atoms with van der Waals surface area (Å²) in [5.41, 5.74) is 0.888. The third-order valence-corrected chi connectivity index (χ3v) is 4.43. The second kappa shape index (κ2) is 9.31. The molecule has 7 nitrogen and oxygen atoms in total. The molecule has 26 heavy (non-hydrogen) atoms. The SMILES string of the molecule is CCCOc1ccc(CNC(=O)N2CC(C)CC(C(=O)O)C2)cc1OC. The van der Waals surface area contributed by atoms with Crippen LogP contribution in [0.5, 0.6) is 11.5 Å². The zero-order valence-electron chi connectivity index (χ0n) is 15.7. The Labute approximate surface area is 154 Å². The van der Waals surface area contributed by atoms with E-state index in [0.717, 1.165) is 12.0 Å².